The van der Waals surface area contributed by atoms with E-state index in [1.165, 1.54) is 12.3 Å². The Morgan fingerprint density at radius 1 is 1.12 bits per heavy atom. The van der Waals surface area contributed by atoms with Gasteiger partial charge in [0.25, 0.3) is 0 Å². The number of nitrogens with zero attached hydrogens (tertiary/aromatic N) is 2. The number of rotatable bonds is 6. The fourth-order valence-corrected chi connectivity index (χ4v) is 2.79. The standard InChI is InChI=1S/C18H19N3O3/c22-16(12-21-10-1-2-11-21)13-5-7-14(8-6-13)20-17-15(18(23)24)4-3-9-19-17/h3-9H,1-2,10-12H2,(H,19,20)(H,23,24). The lowest BCUT2D eigenvalue weighted by atomic mass is 10.1. The summed E-state index contributed by atoms with van der Waals surface area (Å²) in [7, 11) is 0. The Morgan fingerprint density at radius 2 is 1.83 bits per heavy atom. The Hall–Kier alpha value is -2.73. The molecule has 1 fully saturated rings. The molecule has 0 bridgehead atoms. The maximum atomic E-state index is 12.3. The first-order chi connectivity index (χ1) is 11.6. The van der Waals surface area contributed by atoms with Crippen LogP contribution in [0, 0.1) is 0 Å². The van der Waals surface area contributed by atoms with Crippen LogP contribution in [0.3, 0.4) is 0 Å². The zero-order chi connectivity index (χ0) is 16.9. The van der Waals surface area contributed by atoms with E-state index < -0.39 is 5.97 Å². The molecular formula is C18H19N3O3. The SMILES string of the molecule is O=C(CN1CCCC1)c1ccc(Nc2ncccc2C(=O)O)cc1. The molecule has 3 rings (SSSR count). The van der Waals surface area contributed by atoms with Crippen molar-refractivity contribution in [2.45, 2.75) is 12.8 Å². The van der Waals surface area contributed by atoms with Crippen LogP contribution in [0.1, 0.15) is 33.6 Å². The number of carbonyl (C=O) groups excluding carboxylic acids is 1. The van der Waals surface area contributed by atoms with E-state index in [0.717, 1.165) is 25.9 Å². The minimum atomic E-state index is -1.04. The number of ketones is 1. The van der Waals surface area contributed by atoms with E-state index in [0.29, 0.717) is 17.8 Å². The minimum absolute atomic E-state index is 0.103. The van der Waals surface area contributed by atoms with Crippen molar-refractivity contribution in [1.29, 1.82) is 0 Å². The summed E-state index contributed by atoms with van der Waals surface area (Å²) in [5.74, 6) is -0.656. The number of carboxylic acid groups (broad SMARTS) is 1. The first-order valence-electron chi connectivity index (χ1n) is 7.94. The van der Waals surface area contributed by atoms with E-state index in [1.807, 2.05) is 0 Å². The number of pyridine rings is 1. The van der Waals surface area contributed by atoms with Crippen molar-refractivity contribution in [2.75, 3.05) is 25.0 Å². The third-order valence-corrected chi connectivity index (χ3v) is 4.07. The summed E-state index contributed by atoms with van der Waals surface area (Å²) in [4.78, 5) is 29.7. The molecule has 6 heteroatoms. The molecule has 24 heavy (non-hydrogen) atoms. The molecule has 2 heterocycles. The van der Waals surface area contributed by atoms with Gasteiger partial charge in [-0.1, -0.05) is 0 Å². The Kier molecular flexibility index (Phi) is 4.86. The van der Waals surface area contributed by atoms with E-state index in [-0.39, 0.29) is 17.2 Å². The second kappa shape index (κ2) is 7.23. The van der Waals surface area contributed by atoms with Gasteiger partial charge in [-0.05, 0) is 62.3 Å². The van der Waals surface area contributed by atoms with E-state index in [4.69, 9.17) is 5.11 Å². The van der Waals surface area contributed by atoms with Gasteiger partial charge >= 0.3 is 5.97 Å². The van der Waals surface area contributed by atoms with Gasteiger partial charge in [-0.25, -0.2) is 9.78 Å². The van der Waals surface area contributed by atoms with Gasteiger partial charge in [0.15, 0.2) is 5.78 Å². The molecule has 1 aromatic heterocycles. The Bertz CT molecular complexity index is 737. The van der Waals surface area contributed by atoms with Gasteiger partial charge in [0, 0.05) is 17.4 Å². The van der Waals surface area contributed by atoms with Crippen LogP contribution in [0.4, 0.5) is 11.5 Å². The lowest BCUT2D eigenvalue weighted by Crippen LogP contribution is -2.26. The van der Waals surface area contributed by atoms with Crippen LogP contribution in [0.2, 0.25) is 0 Å². The van der Waals surface area contributed by atoms with Crippen molar-refractivity contribution in [3.63, 3.8) is 0 Å². The summed E-state index contributed by atoms with van der Waals surface area (Å²) < 4.78 is 0. The molecule has 6 nitrogen and oxygen atoms in total. The predicted octanol–water partition coefficient (Wildman–Crippen LogP) is 2.80. The molecule has 2 aromatic rings. The first kappa shape index (κ1) is 16.1. The number of hydrogen-bond acceptors (Lipinski definition) is 5. The van der Waals surface area contributed by atoms with Gasteiger partial charge in [0.05, 0.1) is 6.54 Å². The number of carbonyl (C=O) groups is 2. The molecule has 0 radical (unpaired) electrons. The third-order valence-electron chi connectivity index (χ3n) is 4.07. The van der Waals surface area contributed by atoms with Crippen molar-refractivity contribution >= 4 is 23.3 Å². The molecular weight excluding hydrogens is 306 g/mol. The van der Waals surface area contributed by atoms with E-state index >= 15 is 0 Å². The van der Waals surface area contributed by atoms with Crippen LogP contribution in [0.5, 0.6) is 0 Å². The monoisotopic (exact) mass is 325 g/mol. The van der Waals surface area contributed by atoms with Gasteiger partial charge in [-0.15, -0.1) is 0 Å². The molecule has 124 valence electrons. The molecule has 0 amide bonds. The first-order valence-corrected chi connectivity index (χ1v) is 7.94. The summed E-state index contributed by atoms with van der Waals surface area (Å²) in [5, 5.41) is 12.1. The maximum Gasteiger partial charge on any atom is 0.339 e. The second-order valence-corrected chi connectivity index (χ2v) is 5.81. The van der Waals surface area contributed by atoms with Crippen LogP contribution >= 0.6 is 0 Å². The molecule has 0 atom stereocenters. The van der Waals surface area contributed by atoms with Crippen molar-refractivity contribution in [3.8, 4) is 0 Å². The number of hydrogen-bond donors (Lipinski definition) is 2. The minimum Gasteiger partial charge on any atom is -0.478 e. The van der Waals surface area contributed by atoms with Crippen molar-refractivity contribution in [2.24, 2.45) is 0 Å². The Labute approximate surface area is 140 Å². The van der Waals surface area contributed by atoms with Gasteiger partial charge in [-0.2, -0.15) is 0 Å². The Balaban J connectivity index is 1.68. The summed E-state index contributed by atoms with van der Waals surface area (Å²) in [6, 6.07) is 10.1. The summed E-state index contributed by atoms with van der Waals surface area (Å²) in [6.45, 7) is 2.43. The maximum absolute atomic E-state index is 12.3. The summed E-state index contributed by atoms with van der Waals surface area (Å²) >= 11 is 0. The van der Waals surface area contributed by atoms with Gasteiger partial charge in [-0.3, -0.25) is 9.69 Å². The zero-order valence-corrected chi connectivity index (χ0v) is 13.2. The van der Waals surface area contributed by atoms with Gasteiger partial charge in [0.1, 0.15) is 11.4 Å². The molecule has 1 aliphatic heterocycles. The van der Waals surface area contributed by atoms with Crippen molar-refractivity contribution in [3.05, 3.63) is 53.7 Å². The molecule has 0 saturated carbocycles. The van der Waals surface area contributed by atoms with Crippen LogP contribution in [-0.4, -0.2) is 46.4 Å². The number of benzene rings is 1. The molecule has 1 aliphatic rings. The molecule has 0 unspecified atom stereocenters. The van der Waals surface area contributed by atoms with Crippen LogP contribution in [-0.2, 0) is 0 Å². The smallest absolute Gasteiger partial charge is 0.339 e. The number of Topliss-reactive ketones (excluding diaryl/α,β-unsaturated/α-hetero) is 1. The average molecular weight is 325 g/mol. The normalized spacial score (nSPS) is 14.5. The molecule has 0 spiro atoms. The predicted molar refractivity (Wildman–Crippen MR) is 90.9 cm³/mol. The van der Waals surface area contributed by atoms with Crippen molar-refractivity contribution in [1.82, 2.24) is 9.88 Å². The number of anilines is 2. The van der Waals surface area contributed by atoms with Crippen LogP contribution in [0.25, 0.3) is 0 Å². The number of likely N-dealkylation sites (tertiary alicyclic amines) is 1. The van der Waals surface area contributed by atoms with Crippen LogP contribution in [0.15, 0.2) is 42.6 Å². The number of aromatic nitrogens is 1. The van der Waals surface area contributed by atoms with Gasteiger partial charge in [0.2, 0.25) is 0 Å². The second-order valence-electron chi connectivity index (χ2n) is 5.81. The highest BCUT2D eigenvalue weighted by Crippen LogP contribution is 2.19. The fourth-order valence-electron chi connectivity index (χ4n) is 2.79. The molecule has 0 aliphatic carbocycles. The zero-order valence-electron chi connectivity index (χ0n) is 13.2. The van der Waals surface area contributed by atoms with E-state index in [1.54, 1.807) is 30.3 Å². The third kappa shape index (κ3) is 3.78. The highest BCUT2D eigenvalue weighted by atomic mass is 16.4. The van der Waals surface area contributed by atoms with Gasteiger partial charge < -0.3 is 10.4 Å². The topological polar surface area (TPSA) is 82.5 Å². The van der Waals surface area contributed by atoms with Crippen LogP contribution < -0.4 is 5.32 Å². The van der Waals surface area contributed by atoms with E-state index in [9.17, 15) is 9.59 Å². The molecule has 1 saturated heterocycles. The number of carboxylic acids is 1. The lowest BCUT2D eigenvalue weighted by molar-refractivity contribution is 0.0697. The average Bonchev–Trinajstić information content (AvgIpc) is 3.09. The molecule has 1 aromatic carbocycles. The highest BCUT2D eigenvalue weighted by Gasteiger charge is 2.16. The molecule has 2 N–H and O–H groups in total. The largest absolute Gasteiger partial charge is 0.478 e. The van der Waals surface area contributed by atoms with E-state index in [2.05, 4.69) is 15.2 Å². The number of nitrogens with one attached hydrogen (secondary N) is 1. The fraction of sp³-hybridized carbons (Fsp3) is 0.278. The quantitative estimate of drug-likeness (QED) is 0.795. The summed E-state index contributed by atoms with van der Waals surface area (Å²) in [5.41, 5.74) is 1.45. The Morgan fingerprint density at radius 3 is 2.50 bits per heavy atom. The highest BCUT2D eigenvalue weighted by molar-refractivity contribution is 5.98. The summed E-state index contributed by atoms with van der Waals surface area (Å²) in [6.07, 6.45) is 3.85. The number of aromatic carboxylic acids is 1. The van der Waals surface area contributed by atoms with Crippen molar-refractivity contribution < 1.29 is 14.7 Å². The lowest BCUT2D eigenvalue weighted by Gasteiger charge is -2.13.